The third-order valence-corrected chi connectivity index (χ3v) is 10.5. The lowest BCUT2D eigenvalue weighted by Gasteiger charge is -2.36. The molecule has 0 bridgehead atoms. The molecule has 0 radical (unpaired) electrons. The number of sulfonamides is 1. The Labute approximate surface area is 288 Å². The number of benzene rings is 2. The van der Waals surface area contributed by atoms with Crippen molar-refractivity contribution in [3.05, 3.63) is 59.0 Å². The predicted octanol–water partition coefficient (Wildman–Crippen LogP) is 4.75. The molecule has 5 rings (SSSR count). The molecule has 0 saturated carbocycles. The molecule has 2 aliphatic rings. The van der Waals surface area contributed by atoms with Gasteiger partial charge in [0.05, 0.1) is 30.4 Å². The fourth-order valence-electron chi connectivity index (χ4n) is 6.24. The third-order valence-electron chi connectivity index (χ3n) is 8.92. The molecule has 1 amide bonds. The highest BCUT2D eigenvalue weighted by Crippen LogP contribution is 2.33. The first kappa shape index (κ1) is 36.4. The van der Waals surface area contributed by atoms with Gasteiger partial charge in [-0.15, -0.1) is 0 Å². The van der Waals surface area contributed by atoms with Crippen LogP contribution in [0.1, 0.15) is 67.4 Å². The average molecular weight is 701 g/mol. The molecule has 0 fully saturated rings. The summed E-state index contributed by atoms with van der Waals surface area (Å²) < 4.78 is 58.1. The van der Waals surface area contributed by atoms with Gasteiger partial charge < -0.3 is 33.5 Å². The summed E-state index contributed by atoms with van der Waals surface area (Å²) in [5.74, 6) is 1.46. The summed E-state index contributed by atoms with van der Waals surface area (Å²) in [5.41, 5.74) is 1.68. The van der Waals surface area contributed by atoms with Crippen LogP contribution in [-0.4, -0.2) is 92.8 Å². The highest BCUT2D eigenvalue weighted by molar-refractivity contribution is 7.92. The van der Waals surface area contributed by atoms with Crippen molar-refractivity contribution < 1.29 is 41.8 Å². The van der Waals surface area contributed by atoms with Crippen molar-refractivity contribution in [3.8, 4) is 17.2 Å². The van der Waals surface area contributed by atoms with E-state index in [1.54, 1.807) is 30.9 Å². The van der Waals surface area contributed by atoms with Gasteiger partial charge in [-0.05, 0) is 89.9 Å². The summed E-state index contributed by atoms with van der Waals surface area (Å²) >= 11 is 0. The van der Waals surface area contributed by atoms with E-state index in [0.717, 1.165) is 36.3 Å². The lowest BCUT2D eigenvalue weighted by atomic mass is 10.0. The molecule has 14 heteroatoms. The van der Waals surface area contributed by atoms with Crippen LogP contribution in [0.4, 0.5) is 5.69 Å². The number of aliphatic hydroxyl groups excluding tert-OH is 1. The molecule has 0 spiro atoms. The maximum absolute atomic E-state index is 14.4. The van der Waals surface area contributed by atoms with Crippen LogP contribution >= 0.6 is 0 Å². The van der Waals surface area contributed by atoms with Crippen LogP contribution < -0.4 is 18.9 Å². The van der Waals surface area contributed by atoms with E-state index < -0.39 is 22.0 Å². The number of aromatic nitrogens is 1. The highest BCUT2D eigenvalue weighted by atomic mass is 32.2. The van der Waals surface area contributed by atoms with Crippen LogP contribution in [0.3, 0.4) is 0 Å². The molecular formula is C35H48N4O9S. The average Bonchev–Trinajstić information content (AvgIpc) is 3.67. The summed E-state index contributed by atoms with van der Waals surface area (Å²) in [6, 6.07) is 10.1. The van der Waals surface area contributed by atoms with Crippen molar-refractivity contribution in [3.63, 3.8) is 0 Å². The summed E-state index contributed by atoms with van der Waals surface area (Å²) in [6.07, 6.45) is 2.00. The first-order valence-corrected chi connectivity index (χ1v) is 18.2. The predicted molar refractivity (Wildman–Crippen MR) is 183 cm³/mol. The van der Waals surface area contributed by atoms with Gasteiger partial charge in [0, 0.05) is 37.8 Å². The molecule has 49 heavy (non-hydrogen) atoms. The summed E-state index contributed by atoms with van der Waals surface area (Å²) in [6.45, 7) is 10.9. The van der Waals surface area contributed by atoms with Crippen molar-refractivity contribution in [2.75, 3.05) is 44.9 Å². The van der Waals surface area contributed by atoms with Gasteiger partial charge >= 0.3 is 0 Å². The number of hydrogen-bond acceptors (Lipinski definition) is 11. The maximum atomic E-state index is 14.4. The number of likely N-dealkylation sites (N-methyl/N-ethyl adjacent to an activating group) is 1. The number of nitrogens with zero attached hydrogens (tertiary/aromatic N) is 3. The topological polar surface area (TPSA) is 153 Å². The molecule has 0 unspecified atom stereocenters. The Hall–Kier alpha value is -3.85. The first-order valence-electron chi connectivity index (χ1n) is 16.7. The van der Waals surface area contributed by atoms with E-state index in [9.17, 15) is 18.3 Å². The lowest BCUT2D eigenvalue weighted by molar-refractivity contribution is -0.0177. The molecule has 2 aromatic carbocycles. The van der Waals surface area contributed by atoms with Crippen LogP contribution in [0.5, 0.6) is 17.2 Å². The van der Waals surface area contributed by atoms with Crippen molar-refractivity contribution in [2.24, 2.45) is 5.92 Å². The fraction of sp³-hybridized carbons (Fsp3) is 0.543. The Kier molecular flexibility index (Phi) is 11.7. The molecule has 268 valence electrons. The maximum Gasteiger partial charge on any atom is 0.267 e. The molecule has 3 heterocycles. The van der Waals surface area contributed by atoms with Gasteiger partial charge in [-0.2, -0.15) is 0 Å². The molecule has 4 atom stereocenters. The Balaban J connectivity index is 1.41. The van der Waals surface area contributed by atoms with Crippen molar-refractivity contribution >= 4 is 21.6 Å². The number of rotatable bonds is 9. The number of aliphatic hydroxyl groups is 1. The normalized spacial score (nSPS) is 21.2. The molecule has 0 aliphatic carbocycles. The monoisotopic (exact) mass is 700 g/mol. The fourth-order valence-corrected chi connectivity index (χ4v) is 7.62. The number of ether oxygens (including phenoxy) is 4. The van der Waals surface area contributed by atoms with Gasteiger partial charge in [-0.1, -0.05) is 18.1 Å². The third kappa shape index (κ3) is 8.85. The molecule has 2 N–H and O–H groups in total. The van der Waals surface area contributed by atoms with E-state index in [1.165, 1.54) is 13.0 Å². The molecule has 0 saturated heterocycles. The van der Waals surface area contributed by atoms with Gasteiger partial charge in [-0.3, -0.25) is 14.4 Å². The van der Waals surface area contributed by atoms with Crippen molar-refractivity contribution in [1.82, 2.24) is 15.0 Å². The number of hydrogen-bond donors (Lipinski definition) is 2. The Morgan fingerprint density at radius 2 is 1.84 bits per heavy atom. The molecule has 2 aliphatic heterocycles. The molecule has 3 aromatic rings. The SMILES string of the molecule is Cc1noc(C)c1S(=O)(=O)Nc1ccc2c(c1)C(=O)N([C@@H](C)CO)C[C@@H](C)[C@H](CN(C)Cc1ccc3c(c1)OCO3)OCCCC[C@H](C)O2. The Morgan fingerprint density at radius 1 is 1.08 bits per heavy atom. The zero-order chi connectivity index (χ0) is 35.3. The number of aryl methyl sites for hydroxylation is 2. The van der Waals surface area contributed by atoms with E-state index in [2.05, 4.69) is 14.8 Å². The Bertz CT molecular complexity index is 1690. The van der Waals surface area contributed by atoms with Crippen LogP contribution in [0.25, 0.3) is 0 Å². The zero-order valence-electron chi connectivity index (χ0n) is 29.1. The second kappa shape index (κ2) is 15.8. The number of anilines is 1. The summed E-state index contributed by atoms with van der Waals surface area (Å²) in [5, 5.41) is 14.0. The largest absolute Gasteiger partial charge is 0.490 e. The minimum Gasteiger partial charge on any atom is -0.490 e. The number of carbonyl (C=O) groups excluding carboxylic acids is 1. The van der Waals surface area contributed by atoms with Gasteiger partial charge in [0.15, 0.2) is 22.2 Å². The number of amides is 1. The smallest absolute Gasteiger partial charge is 0.267 e. The van der Waals surface area contributed by atoms with Gasteiger partial charge in [0.25, 0.3) is 15.9 Å². The minimum atomic E-state index is -4.07. The number of carbonyl (C=O) groups is 1. The number of fused-ring (bicyclic) bond motifs is 2. The molecular weight excluding hydrogens is 652 g/mol. The van der Waals surface area contributed by atoms with E-state index in [0.29, 0.717) is 25.4 Å². The van der Waals surface area contributed by atoms with E-state index in [-0.39, 0.29) is 65.7 Å². The summed E-state index contributed by atoms with van der Waals surface area (Å²) in [7, 11) is -2.04. The quantitative estimate of drug-likeness (QED) is 0.318. The molecule has 13 nitrogen and oxygen atoms in total. The lowest BCUT2D eigenvalue weighted by Crippen LogP contribution is -2.47. The highest BCUT2D eigenvalue weighted by Gasteiger charge is 2.31. The van der Waals surface area contributed by atoms with Crippen LogP contribution in [0.2, 0.25) is 0 Å². The first-order chi connectivity index (χ1) is 23.4. The number of nitrogens with one attached hydrogen (secondary N) is 1. The van der Waals surface area contributed by atoms with Gasteiger partial charge in [0.1, 0.15) is 11.4 Å². The molecule has 1 aromatic heterocycles. The van der Waals surface area contributed by atoms with E-state index >= 15 is 0 Å². The van der Waals surface area contributed by atoms with E-state index in [1.807, 2.05) is 39.1 Å². The van der Waals surface area contributed by atoms with Crippen LogP contribution in [-0.2, 0) is 21.3 Å². The standard InChI is InChI=1S/C35H48N4O9S/c1-22-17-39(23(2)20-40)35(41)29-16-28(37-49(42,43)34-25(4)36-48-26(34)5)11-13-30(29)47-24(3)9-7-8-14-44-33(22)19-38(6)18-27-10-12-31-32(15-27)46-21-45-31/h10-13,15-16,22-24,33,37,40H,7-9,14,17-21H2,1-6H3/t22-,23+,24+,33+/m1/s1. The minimum absolute atomic E-state index is 0.0531. The van der Waals surface area contributed by atoms with Gasteiger partial charge in [0.2, 0.25) is 6.79 Å². The zero-order valence-corrected chi connectivity index (χ0v) is 29.9. The summed E-state index contributed by atoms with van der Waals surface area (Å²) in [4.78, 5) is 18.2. The van der Waals surface area contributed by atoms with Crippen molar-refractivity contribution in [2.45, 2.75) is 83.6 Å². The van der Waals surface area contributed by atoms with Crippen LogP contribution in [0.15, 0.2) is 45.8 Å². The van der Waals surface area contributed by atoms with Gasteiger partial charge in [-0.25, -0.2) is 8.42 Å². The van der Waals surface area contributed by atoms with Crippen molar-refractivity contribution in [1.29, 1.82) is 0 Å². The Morgan fingerprint density at radius 3 is 2.57 bits per heavy atom. The van der Waals surface area contributed by atoms with E-state index in [4.69, 9.17) is 23.5 Å². The second-order valence-electron chi connectivity index (χ2n) is 13.2. The van der Waals surface area contributed by atoms with Crippen LogP contribution in [0, 0.1) is 19.8 Å². The second-order valence-corrected chi connectivity index (χ2v) is 14.8.